The van der Waals surface area contributed by atoms with Crippen LogP contribution in [-0.2, 0) is 6.42 Å². The molecule has 0 aliphatic carbocycles. The zero-order chi connectivity index (χ0) is 22.1. The summed E-state index contributed by atoms with van der Waals surface area (Å²) in [6.07, 6.45) is 0.716. The molecule has 2 aromatic carbocycles. The fourth-order valence-corrected chi connectivity index (χ4v) is 3.91. The first-order valence-electron chi connectivity index (χ1n) is 9.37. The number of nitro benzene ring substituents is 1. The molecule has 11 heteroatoms. The van der Waals surface area contributed by atoms with E-state index in [2.05, 4.69) is 20.6 Å². The molecule has 0 radical (unpaired) electrons. The van der Waals surface area contributed by atoms with Gasteiger partial charge in [0.05, 0.1) is 12.0 Å². The van der Waals surface area contributed by atoms with E-state index in [0.29, 0.717) is 17.1 Å². The number of anilines is 1. The lowest BCUT2D eigenvalue weighted by molar-refractivity contribution is -0.385. The lowest BCUT2D eigenvalue weighted by atomic mass is 10.1. The summed E-state index contributed by atoms with van der Waals surface area (Å²) in [5, 5.41) is 27.6. The SMILES string of the molecule is CCc1nnc2sc(-c3ccc(C)c(NC(=O)c4ccc(OC)c([N+](=O)[O-])c4)c3)nn12. The molecule has 1 amide bonds. The molecule has 2 aromatic heterocycles. The average molecular weight is 438 g/mol. The Kier molecular flexibility index (Phi) is 5.34. The molecular weight excluding hydrogens is 420 g/mol. The largest absolute Gasteiger partial charge is 0.490 e. The molecule has 0 bridgehead atoms. The highest BCUT2D eigenvalue weighted by Gasteiger charge is 2.19. The Labute approximate surface area is 180 Å². The van der Waals surface area contributed by atoms with Crippen molar-refractivity contribution in [2.75, 3.05) is 12.4 Å². The second-order valence-electron chi connectivity index (χ2n) is 6.70. The zero-order valence-corrected chi connectivity index (χ0v) is 17.8. The van der Waals surface area contributed by atoms with Gasteiger partial charge in [-0.3, -0.25) is 14.9 Å². The summed E-state index contributed by atoms with van der Waals surface area (Å²) in [7, 11) is 1.34. The van der Waals surface area contributed by atoms with Gasteiger partial charge in [0.15, 0.2) is 11.6 Å². The molecule has 4 rings (SSSR count). The second-order valence-corrected chi connectivity index (χ2v) is 7.65. The van der Waals surface area contributed by atoms with Gasteiger partial charge < -0.3 is 10.1 Å². The second kappa shape index (κ2) is 8.11. The Morgan fingerprint density at radius 1 is 1.26 bits per heavy atom. The molecule has 31 heavy (non-hydrogen) atoms. The monoisotopic (exact) mass is 438 g/mol. The maximum absolute atomic E-state index is 12.8. The van der Waals surface area contributed by atoms with E-state index < -0.39 is 10.8 Å². The van der Waals surface area contributed by atoms with Gasteiger partial charge in [0.25, 0.3) is 5.91 Å². The number of nitrogens with zero attached hydrogens (tertiary/aromatic N) is 5. The molecular formula is C20H18N6O4S. The number of rotatable bonds is 6. The molecule has 0 aliphatic heterocycles. The van der Waals surface area contributed by atoms with Gasteiger partial charge in [-0.15, -0.1) is 10.2 Å². The smallest absolute Gasteiger partial charge is 0.311 e. The number of hydrogen-bond acceptors (Lipinski definition) is 8. The van der Waals surface area contributed by atoms with Crippen molar-refractivity contribution in [2.45, 2.75) is 20.3 Å². The van der Waals surface area contributed by atoms with Gasteiger partial charge in [-0.1, -0.05) is 30.4 Å². The van der Waals surface area contributed by atoms with Crippen LogP contribution in [0.5, 0.6) is 5.75 Å². The van der Waals surface area contributed by atoms with Gasteiger partial charge >= 0.3 is 5.69 Å². The Balaban J connectivity index is 1.64. The molecule has 0 saturated heterocycles. The number of aryl methyl sites for hydroxylation is 2. The summed E-state index contributed by atoms with van der Waals surface area (Å²) in [4.78, 5) is 24.1. The van der Waals surface area contributed by atoms with Gasteiger partial charge in [-0.05, 0) is 30.7 Å². The van der Waals surface area contributed by atoms with Gasteiger partial charge in [0.2, 0.25) is 4.96 Å². The molecule has 0 spiro atoms. The van der Waals surface area contributed by atoms with Crippen molar-refractivity contribution in [1.82, 2.24) is 19.8 Å². The van der Waals surface area contributed by atoms with Gasteiger partial charge in [-0.2, -0.15) is 9.61 Å². The third-order valence-corrected chi connectivity index (χ3v) is 5.69. The van der Waals surface area contributed by atoms with E-state index in [0.717, 1.165) is 22.0 Å². The van der Waals surface area contributed by atoms with Crippen LogP contribution < -0.4 is 10.1 Å². The number of fused-ring (bicyclic) bond motifs is 1. The number of ether oxygens (including phenoxy) is 1. The molecule has 2 heterocycles. The van der Waals surface area contributed by atoms with E-state index in [1.165, 1.54) is 36.6 Å². The molecule has 0 fully saturated rings. The average Bonchev–Trinajstić information content (AvgIpc) is 3.35. The predicted octanol–water partition coefficient (Wildman–Crippen LogP) is 3.89. The molecule has 1 N–H and O–H groups in total. The number of carbonyl (C=O) groups excluding carboxylic acids is 1. The van der Waals surface area contributed by atoms with Crippen molar-refractivity contribution in [2.24, 2.45) is 0 Å². The van der Waals surface area contributed by atoms with Crippen LogP contribution in [0.15, 0.2) is 36.4 Å². The molecule has 0 atom stereocenters. The zero-order valence-electron chi connectivity index (χ0n) is 16.9. The first-order chi connectivity index (χ1) is 14.9. The number of nitrogens with one attached hydrogen (secondary N) is 1. The Bertz CT molecular complexity index is 1310. The standard InChI is InChI=1S/C20H18N6O4S/c1-4-17-22-23-20-25(17)24-19(31-20)13-6-5-11(2)14(9-13)21-18(27)12-7-8-16(30-3)15(10-12)26(28)29/h5-10H,4H2,1-3H3,(H,21,27). The normalized spacial score (nSPS) is 10.9. The van der Waals surface area contributed by atoms with E-state index in [1.807, 2.05) is 32.0 Å². The molecule has 0 unspecified atom stereocenters. The maximum atomic E-state index is 12.8. The molecule has 10 nitrogen and oxygen atoms in total. The van der Waals surface area contributed by atoms with Crippen molar-refractivity contribution in [3.8, 4) is 16.3 Å². The number of benzene rings is 2. The van der Waals surface area contributed by atoms with Gasteiger partial charge in [-0.25, -0.2) is 0 Å². The molecule has 0 aliphatic rings. The topological polar surface area (TPSA) is 125 Å². The molecule has 4 aromatic rings. The summed E-state index contributed by atoms with van der Waals surface area (Å²) >= 11 is 1.40. The van der Waals surface area contributed by atoms with E-state index in [9.17, 15) is 14.9 Å². The number of nitro groups is 1. The quantitative estimate of drug-likeness (QED) is 0.358. The van der Waals surface area contributed by atoms with Crippen LogP contribution in [0, 0.1) is 17.0 Å². The predicted molar refractivity (Wildman–Crippen MR) is 116 cm³/mol. The number of amides is 1. The van der Waals surface area contributed by atoms with Gasteiger partial charge in [0.1, 0.15) is 5.01 Å². The third kappa shape index (κ3) is 3.82. The Hall–Kier alpha value is -3.86. The Morgan fingerprint density at radius 3 is 2.77 bits per heavy atom. The highest BCUT2D eigenvalue weighted by molar-refractivity contribution is 7.19. The van der Waals surface area contributed by atoms with Crippen molar-refractivity contribution in [3.05, 3.63) is 63.5 Å². The van der Waals surface area contributed by atoms with Crippen molar-refractivity contribution < 1.29 is 14.5 Å². The lowest BCUT2D eigenvalue weighted by Crippen LogP contribution is -2.13. The minimum atomic E-state index is -0.584. The van der Waals surface area contributed by atoms with Crippen LogP contribution in [0.25, 0.3) is 15.5 Å². The van der Waals surface area contributed by atoms with Crippen LogP contribution in [0.4, 0.5) is 11.4 Å². The third-order valence-electron chi connectivity index (χ3n) is 4.74. The van der Waals surface area contributed by atoms with Crippen LogP contribution in [0.3, 0.4) is 0 Å². The number of aromatic nitrogens is 4. The fraction of sp³-hybridized carbons (Fsp3) is 0.200. The van der Waals surface area contributed by atoms with Crippen LogP contribution in [0.2, 0.25) is 0 Å². The fourth-order valence-electron chi connectivity index (χ4n) is 3.05. The van der Waals surface area contributed by atoms with Crippen molar-refractivity contribution >= 4 is 33.6 Å². The Morgan fingerprint density at radius 2 is 2.06 bits per heavy atom. The van der Waals surface area contributed by atoms with E-state index in [1.54, 1.807) is 4.52 Å². The summed E-state index contributed by atoms with van der Waals surface area (Å²) in [5.74, 6) is 0.408. The minimum absolute atomic E-state index is 0.0921. The maximum Gasteiger partial charge on any atom is 0.311 e. The number of methoxy groups -OCH3 is 1. The van der Waals surface area contributed by atoms with Gasteiger partial charge in [0, 0.05) is 29.3 Å². The van der Waals surface area contributed by atoms with E-state index >= 15 is 0 Å². The first-order valence-corrected chi connectivity index (χ1v) is 10.2. The summed E-state index contributed by atoms with van der Waals surface area (Å²) in [6.45, 7) is 3.85. The van der Waals surface area contributed by atoms with Crippen molar-refractivity contribution in [1.29, 1.82) is 0 Å². The number of hydrogen-bond donors (Lipinski definition) is 1. The summed E-state index contributed by atoms with van der Waals surface area (Å²) < 4.78 is 6.70. The highest BCUT2D eigenvalue weighted by atomic mass is 32.1. The lowest BCUT2D eigenvalue weighted by Gasteiger charge is -2.10. The summed E-state index contributed by atoms with van der Waals surface area (Å²) in [6, 6.07) is 9.70. The highest BCUT2D eigenvalue weighted by Crippen LogP contribution is 2.31. The van der Waals surface area contributed by atoms with Crippen LogP contribution in [0.1, 0.15) is 28.7 Å². The van der Waals surface area contributed by atoms with E-state index in [4.69, 9.17) is 4.74 Å². The molecule has 0 saturated carbocycles. The minimum Gasteiger partial charge on any atom is -0.490 e. The molecule has 158 valence electrons. The van der Waals surface area contributed by atoms with E-state index in [-0.39, 0.29) is 17.0 Å². The first kappa shape index (κ1) is 20.4. The summed E-state index contributed by atoms with van der Waals surface area (Å²) in [5.41, 5.74) is 2.13. The van der Waals surface area contributed by atoms with Crippen LogP contribution in [-0.4, -0.2) is 37.8 Å². The van der Waals surface area contributed by atoms with Crippen molar-refractivity contribution in [3.63, 3.8) is 0 Å². The van der Waals surface area contributed by atoms with Crippen LogP contribution >= 0.6 is 11.3 Å². The number of carbonyl (C=O) groups is 1.